The van der Waals surface area contributed by atoms with Gasteiger partial charge in [-0.1, -0.05) is 91.0 Å². The first-order valence-electron chi connectivity index (χ1n) is 15.6. The molecule has 2 N–H and O–H groups in total. The van der Waals surface area contributed by atoms with Gasteiger partial charge in [0.1, 0.15) is 11.2 Å². The highest BCUT2D eigenvalue weighted by molar-refractivity contribution is 6.22. The smallest absolute Gasteiger partial charge is 0.215 e. The Morgan fingerprint density at radius 2 is 1.28 bits per heavy atom. The molecule has 0 aliphatic heterocycles. The Morgan fingerprint density at radius 1 is 0.565 bits per heavy atom. The van der Waals surface area contributed by atoms with E-state index in [1.54, 1.807) is 0 Å². The second-order valence-corrected chi connectivity index (χ2v) is 12.1. The van der Waals surface area contributed by atoms with E-state index in [4.69, 9.17) is 15.1 Å². The number of fused-ring (bicyclic) bond motifs is 13. The lowest BCUT2D eigenvalue weighted by molar-refractivity contribution is 0.650. The van der Waals surface area contributed by atoms with Gasteiger partial charge in [-0.2, -0.15) is 0 Å². The molecule has 0 spiro atoms. The summed E-state index contributed by atoms with van der Waals surface area (Å²) in [5.41, 5.74) is 16.6. The molecule has 0 amide bonds. The Bertz CT molecular complexity index is 2860. The summed E-state index contributed by atoms with van der Waals surface area (Å²) >= 11 is 0. The standard InChI is InChI=1S/C42H27N3O/c43-24-25-19-28(21-29(20-25)35-23-27-9-1-2-10-30(27)31-11-3-4-12-32(31)35)26-17-18-39-36(22-26)40-33-13-5-6-14-34(33)41-44-37-15-7-8-16-38(37)45(41)42(40)46-39/h1-23H,24,43H2. The number of hydrogen-bond donors (Lipinski definition) is 1. The zero-order valence-corrected chi connectivity index (χ0v) is 24.9. The van der Waals surface area contributed by atoms with E-state index >= 15 is 0 Å². The van der Waals surface area contributed by atoms with Gasteiger partial charge in [0.25, 0.3) is 0 Å². The van der Waals surface area contributed by atoms with Crippen molar-refractivity contribution in [3.63, 3.8) is 0 Å². The Balaban J connectivity index is 1.25. The minimum Gasteiger partial charge on any atom is -0.439 e. The number of nitrogens with two attached hydrogens (primary N) is 1. The van der Waals surface area contributed by atoms with Crippen LogP contribution in [0.2, 0.25) is 0 Å². The van der Waals surface area contributed by atoms with Crippen LogP contribution < -0.4 is 5.73 Å². The summed E-state index contributed by atoms with van der Waals surface area (Å²) in [4.78, 5) is 5.02. The van der Waals surface area contributed by atoms with Crippen LogP contribution in [0.25, 0.3) is 93.3 Å². The lowest BCUT2D eigenvalue weighted by Crippen LogP contribution is -1.97. The summed E-state index contributed by atoms with van der Waals surface area (Å²) in [5.74, 6) is 0. The summed E-state index contributed by atoms with van der Waals surface area (Å²) in [6.07, 6.45) is 0. The van der Waals surface area contributed by atoms with Crippen molar-refractivity contribution in [2.75, 3.05) is 0 Å². The highest BCUT2D eigenvalue weighted by Gasteiger charge is 2.20. The topological polar surface area (TPSA) is 56.5 Å². The zero-order chi connectivity index (χ0) is 30.4. The average molecular weight is 590 g/mol. The molecule has 46 heavy (non-hydrogen) atoms. The maximum absolute atomic E-state index is 6.66. The lowest BCUT2D eigenvalue weighted by atomic mass is 9.90. The summed E-state index contributed by atoms with van der Waals surface area (Å²) in [6, 6.07) is 49.7. The molecule has 0 bridgehead atoms. The fourth-order valence-corrected chi connectivity index (χ4v) is 7.42. The number of rotatable bonds is 3. The third kappa shape index (κ3) is 3.56. The second kappa shape index (κ2) is 9.51. The maximum atomic E-state index is 6.66. The van der Waals surface area contributed by atoms with E-state index < -0.39 is 0 Å². The van der Waals surface area contributed by atoms with Crippen molar-refractivity contribution < 1.29 is 4.42 Å². The van der Waals surface area contributed by atoms with Crippen LogP contribution in [-0.4, -0.2) is 9.38 Å². The Hall–Kier alpha value is -5.97. The molecule has 0 saturated carbocycles. The largest absolute Gasteiger partial charge is 0.439 e. The molecule has 0 saturated heterocycles. The maximum Gasteiger partial charge on any atom is 0.215 e. The number of furan rings is 1. The van der Waals surface area contributed by atoms with Gasteiger partial charge < -0.3 is 10.2 Å². The van der Waals surface area contributed by atoms with Crippen LogP contribution in [0.1, 0.15) is 5.56 Å². The fourth-order valence-electron chi connectivity index (χ4n) is 7.42. The van der Waals surface area contributed by atoms with Crippen LogP contribution in [-0.2, 0) is 6.54 Å². The first-order valence-corrected chi connectivity index (χ1v) is 15.6. The number of hydrogen-bond acceptors (Lipinski definition) is 3. The van der Waals surface area contributed by atoms with Gasteiger partial charge in [0, 0.05) is 17.3 Å². The van der Waals surface area contributed by atoms with Crippen LogP contribution in [0.15, 0.2) is 144 Å². The quantitative estimate of drug-likeness (QED) is 0.209. The Labute approximate surface area is 263 Å². The van der Waals surface area contributed by atoms with Crippen LogP contribution in [0, 0.1) is 0 Å². The summed E-state index contributed by atoms with van der Waals surface area (Å²) in [6.45, 7) is 0.458. The van der Waals surface area contributed by atoms with Gasteiger partial charge >= 0.3 is 0 Å². The first-order chi connectivity index (χ1) is 22.7. The molecule has 0 aliphatic carbocycles. The number of aromatic nitrogens is 2. The molecule has 3 aromatic heterocycles. The summed E-state index contributed by atoms with van der Waals surface area (Å²) in [5, 5.41) is 9.41. The van der Waals surface area contributed by atoms with Gasteiger partial charge in [-0.25, -0.2) is 4.98 Å². The van der Waals surface area contributed by atoms with E-state index in [2.05, 4.69) is 138 Å². The molecule has 0 radical (unpaired) electrons. The normalized spacial score (nSPS) is 12.1. The van der Waals surface area contributed by atoms with Gasteiger partial charge in [0.2, 0.25) is 5.71 Å². The van der Waals surface area contributed by atoms with E-state index in [-0.39, 0.29) is 0 Å². The predicted molar refractivity (Wildman–Crippen MR) is 191 cm³/mol. The average Bonchev–Trinajstić information content (AvgIpc) is 3.70. The number of para-hydroxylation sites is 2. The lowest BCUT2D eigenvalue weighted by Gasteiger charge is -2.14. The zero-order valence-electron chi connectivity index (χ0n) is 24.9. The van der Waals surface area contributed by atoms with Crippen molar-refractivity contribution in [1.29, 1.82) is 0 Å². The molecule has 0 unspecified atom stereocenters. The summed E-state index contributed by atoms with van der Waals surface area (Å²) < 4.78 is 8.83. The van der Waals surface area contributed by atoms with E-state index in [1.165, 1.54) is 27.1 Å². The van der Waals surface area contributed by atoms with Crippen LogP contribution in [0.4, 0.5) is 0 Å². The third-order valence-electron chi connectivity index (χ3n) is 9.51. The molecule has 4 heteroatoms. The molecule has 7 aromatic carbocycles. The number of nitrogens with zero attached hydrogens (tertiary/aromatic N) is 2. The van der Waals surface area contributed by atoms with Gasteiger partial charge in [-0.05, 0) is 103 Å². The van der Waals surface area contributed by atoms with E-state index in [0.717, 1.165) is 71.8 Å². The molecule has 3 heterocycles. The Kier molecular flexibility index (Phi) is 5.25. The summed E-state index contributed by atoms with van der Waals surface area (Å²) in [7, 11) is 0. The van der Waals surface area contributed by atoms with E-state index in [9.17, 15) is 0 Å². The SMILES string of the molecule is NCc1cc(-c2ccc3oc4c(c3c2)c2ccccc2c2nc3ccccc3n24)cc(-c2cc3ccccc3c3ccccc23)c1. The third-order valence-corrected chi connectivity index (χ3v) is 9.51. The minimum atomic E-state index is 0.458. The molecule has 0 atom stereocenters. The van der Waals surface area contributed by atoms with Crippen LogP contribution >= 0.6 is 0 Å². The first kappa shape index (κ1) is 25.4. The van der Waals surface area contributed by atoms with Gasteiger partial charge in [-0.15, -0.1) is 0 Å². The molecular formula is C42H27N3O. The van der Waals surface area contributed by atoms with Crippen molar-refractivity contribution in [3.8, 4) is 22.3 Å². The monoisotopic (exact) mass is 589 g/mol. The number of pyridine rings is 1. The second-order valence-electron chi connectivity index (χ2n) is 12.1. The molecule has 0 fully saturated rings. The minimum absolute atomic E-state index is 0.458. The Morgan fingerprint density at radius 3 is 2.15 bits per heavy atom. The van der Waals surface area contributed by atoms with Crippen molar-refractivity contribution in [2.24, 2.45) is 5.73 Å². The highest BCUT2D eigenvalue weighted by Crippen LogP contribution is 2.41. The molecule has 216 valence electrons. The van der Waals surface area contributed by atoms with Crippen molar-refractivity contribution in [2.45, 2.75) is 6.54 Å². The van der Waals surface area contributed by atoms with E-state index in [1.807, 2.05) is 6.07 Å². The number of benzene rings is 7. The van der Waals surface area contributed by atoms with Crippen LogP contribution in [0.5, 0.6) is 0 Å². The van der Waals surface area contributed by atoms with Crippen LogP contribution in [0.3, 0.4) is 0 Å². The van der Waals surface area contributed by atoms with E-state index in [0.29, 0.717) is 6.54 Å². The van der Waals surface area contributed by atoms with Gasteiger partial charge in [0.15, 0.2) is 0 Å². The highest BCUT2D eigenvalue weighted by atomic mass is 16.3. The number of imidazole rings is 1. The van der Waals surface area contributed by atoms with Gasteiger partial charge in [-0.3, -0.25) is 4.40 Å². The molecule has 0 aliphatic rings. The fraction of sp³-hybridized carbons (Fsp3) is 0.0238. The molecule has 10 rings (SSSR count). The predicted octanol–water partition coefficient (Wildman–Crippen LogP) is 10.6. The van der Waals surface area contributed by atoms with Crippen molar-refractivity contribution in [1.82, 2.24) is 9.38 Å². The van der Waals surface area contributed by atoms with Crippen molar-refractivity contribution in [3.05, 3.63) is 145 Å². The molecular weight excluding hydrogens is 562 g/mol. The van der Waals surface area contributed by atoms with Crippen molar-refractivity contribution >= 4 is 71.1 Å². The molecule has 10 aromatic rings. The molecule has 4 nitrogen and oxygen atoms in total. The van der Waals surface area contributed by atoms with Gasteiger partial charge in [0.05, 0.1) is 16.4 Å².